The lowest BCUT2D eigenvalue weighted by atomic mass is 10.1. The Balaban J connectivity index is 1.15. The summed E-state index contributed by atoms with van der Waals surface area (Å²) in [6, 6.07) is 25.1. The largest absolute Gasteiger partial charge is 0.494 e. The number of amides is 2. The van der Waals surface area contributed by atoms with Crippen LogP contribution >= 0.6 is 23.2 Å². The van der Waals surface area contributed by atoms with Crippen molar-refractivity contribution in [2.45, 2.75) is 20.0 Å². The van der Waals surface area contributed by atoms with E-state index >= 15 is 0 Å². The summed E-state index contributed by atoms with van der Waals surface area (Å²) in [5.74, 6) is 1.42. The summed E-state index contributed by atoms with van der Waals surface area (Å²) in [6.45, 7) is 5.46. The van der Waals surface area contributed by atoms with Crippen LogP contribution in [0.3, 0.4) is 0 Å². The fourth-order valence-corrected chi connectivity index (χ4v) is 5.39. The van der Waals surface area contributed by atoms with Crippen molar-refractivity contribution >= 4 is 46.4 Å². The number of nitrogens with one attached hydrogen (secondary N) is 1. The number of benzene rings is 4. The second-order valence-corrected chi connectivity index (χ2v) is 11.4. The van der Waals surface area contributed by atoms with Gasteiger partial charge in [-0.2, -0.15) is 0 Å². The van der Waals surface area contributed by atoms with E-state index in [9.17, 15) is 9.59 Å². The Morgan fingerprint density at radius 1 is 0.800 bits per heavy atom. The Bertz CT molecular complexity index is 1620. The predicted molar refractivity (Wildman–Crippen MR) is 179 cm³/mol. The molecule has 1 aliphatic heterocycles. The van der Waals surface area contributed by atoms with Crippen molar-refractivity contribution in [2.75, 3.05) is 50.1 Å². The normalized spacial score (nSPS) is 12.9. The molecule has 1 fully saturated rings. The highest BCUT2D eigenvalue weighted by Crippen LogP contribution is 2.32. The molecule has 2 amide bonds. The molecule has 0 saturated carbocycles. The lowest BCUT2D eigenvalue weighted by Crippen LogP contribution is -2.48. The number of halogens is 2. The van der Waals surface area contributed by atoms with Crippen molar-refractivity contribution in [3.05, 3.63) is 112 Å². The molecule has 0 bridgehead atoms. The minimum absolute atomic E-state index is 0.00127. The SMILES string of the molecule is CCCOc1ccc(C(=O)N2CCN(c3ccc(NC(=O)c4ccc(OCc5ccc(Cl)cc5)c(OC)c4)cc3Cl)CC2)cc1. The topological polar surface area (TPSA) is 80.3 Å². The van der Waals surface area contributed by atoms with Crippen LogP contribution in [0.2, 0.25) is 10.0 Å². The van der Waals surface area contributed by atoms with Crippen molar-refractivity contribution in [3.63, 3.8) is 0 Å². The zero-order valence-electron chi connectivity index (χ0n) is 25.2. The van der Waals surface area contributed by atoms with Crippen molar-refractivity contribution in [1.29, 1.82) is 0 Å². The van der Waals surface area contributed by atoms with Crippen molar-refractivity contribution < 1.29 is 23.8 Å². The van der Waals surface area contributed by atoms with E-state index in [0.29, 0.717) is 77.8 Å². The van der Waals surface area contributed by atoms with Crippen LogP contribution in [0.4, 0.5) is 11.4 Å². The number of methoxy groups -OCH3 is 1. The molecule has 4 aromatic carbocycles. The Morgan fingerprint density at radius 2 is 1.51 bits per heavy atom. The average Bonchev–Trinajstić information content (AvgIpc) is 3.07. The standard InChI is InChI=1S/C35H35Cl2N3O5/c1-3-20-44-29-12-6-25(7-13-29)35(42)40-18-16-39(17-19-40)31-14-11-28(22-30(31)37)38-34(41)26-8-15-32(33(21-26)43-2)45-23-24-4-9-27(36)10-5-24/h4-15,21-22H,3,16-20,23H2,1-2H3,(H,38,41). The third-order valence-corrected chi connectivity index (χ3v) is 7.98. The van der Waals surface area contributed by atoms with Gasteiger partial charge in [0.1, 0.15) is 12.4 Å². The molecule has 1 saturated heterocycles. The maximum Gasteiger partial charge on any atom is 0.255 e. The predicted octanol–water partition coefficient (Wildman–Crippen LogP) is 7.58. The third kappa shape index (κ3) is 8.21. The lowest BCUT2D eigenvalue weighted by Gasteiger charge is -2.36. The van der Waals surface area contributed by atoms with Gasteiger partial charge in [0, 0.05) is 48.0 Å². The van der Waals surface area contributed by atoms with Crippen LogP contribution in [0.5, 0.6) is 17.2 Å². The van der Waals surface area contributed by atoms with Crippen LogP contribution in [-0.4, -0.2) is 56.6 Å². The Hall–Kier alpha value is -4.40. The number of ether oxygens (including phenoxy) is 3. The fourth-order valence-electron chi connectivity index (χ4n) is 4.96. The molecular weight excluding hydrogens is 613 g/mol. The van der Waals surface area contributed by atoms with Crippen LogP contribution < -0.4 is 24.4 Å². The van der Waals surface area contributed by atoms with Gasteiger partial charge in [-0.05, 0) is 84.8 Å². The molecule has 0 atom stereocenters. The zero-order valence-corrected chi connectivity index (χ0v) is 26.7. The van der Waals surface area contributed by atoms with E-state index in [1.165, 1.54) is 7.11 Å². The minimum Gasteiger partial charge on any atom is -0.494 e. The number of carbonyl (C=O) groups excluding carboxylic acids is 2. The van der Waals surface area contributed by atoms with Gasteiger partial charge >= 0.3 is 0 Å². The Labute approximate surface area is 273 Å². The summed E-state index contributed by atoms with van der Waals surface area (Å²) in [7, 11) is 1.53. The molecule has 10 heteroatoms. The summed E-state index contributed by atoms with van der Waals surface area (Å²) >= 11 is 12.6. The molecule has 1 heterocycles. The van der Waals surface area contributed by atoms with E-state index in [1.54, 1.807) is 36.4 Å². The molecule has 4 aromatic rings. The maximum atomic E-state index is 13.1. The number of rotatable bonds is 11. The maximum absolute atomic E-state index is 13.1. The van der Waals surface area contributed by atoms with E-state index in [2.05, 4.69) is 17.1 Å². The van der Waals surface area contributed by atoms with Gasteiger partial charge in [-0.15, -0.1) is 0 Å². The minimum atomic E-state index is -0.307. The van der Waals surface area contributed by atoms with Gasteiger partial charge in [-0.3, -0.25) is 9.59 Å². The number of piperazine rings is 1. The van der Waals surface area contributed by atoms with Crippen molar-refractivity contribution in [3.8, 4) is 17.2 Å². The molecule has 0 aromatic heterocycles. The molecule has 1 N–H and O–H groups in total. The van der Waals surface area contributed by atoms with Gasteiger partial charge in [0.15, 0.2) is 11.5 Å². The molecule has 234 valence electrons. The molecular formula is C35H35Cl2N3O5. The molecule has 45 heavy (non-hydrogen) atoms. The summed E-state index contributed by atoms with van der Waals surface area (Å²) in [6.07, 6.45) is 0.931. The quantitative estimate of drug-likeness (QED) is 0.181. The first kappa shape index (κ1) is 32.0. The summed E-state index contributed by atoms with van der Waals surface area (Å²) < 4.78 is 17.0. The molecule has 0 unspecified atom stereocenters. The highest BCUT2D eigenvalue weighted by atomic mass is 35.5. The molecule has 8 nitrogen and oxygen atoms in total. The van der Waals surface area contributed by atoms with E-state index < -0.39 is 0 Å². The lowest BCUT2D eigenvalue weighted by molar-refractivity contribution is 0.0746. The monoisotopic (exact) mass is 647 g/mol. The third-order valence-electron chi connectivity index (χ3n) is 7.42. The van der Waals surface area contributed by atoms with Gasteiger partial charge in [-0.1, -0.05) is 42.3 Å². The first-order valence-corrected chi connectivity index (χ1v) is 15.5. The van der Waals surface area contributed by atoms with Crippen LogP contribution in [-0.2, 0) is 6.61 Å². The molecule has 0 spiro atoms. The summed E-state index contributed by atoms with van der Waals surface area (Å²) in [4.78, 5) is 30.1. The van der Waals surface area contributed by atoms with E-state index in [1.807, 2.05) is 53.4 Å². The van der Waals surface area contributed by atoms with Gasteiger partial charge in [0.2, 0.25) is 0 Å². The van der Waals surface area contributed by atoms with Gasteiger partial charge in [0.05, 0.1) is 24.4 Å². The number of hydrogen-bond acceptors (Lipinski definition) is 6. The van der Waals surface area contributed by atoms with Crippen LogP contribution in [0.15, 0.2) is 84.9 Å². The molecule has 5 rings (SSSR count). The first-order valence-electron chi connectivity index (χ1n) is 14.8. The zero-order chi connectivity index (χ0) is 31.8. The van der Waals surface area contributed by atoms with E-state index in [4.69, 9.17) is 37.4 Å². The van der Waals surface area contributed by atoms with E-state index in [0.717, 1.165) is 23.4 Å². The second kappa shape index (κ2) is 15.1. The number of hydrogen-bond donors (Lipinski definition) is 1. The molecule has 0 aliphatic carbocycles. The number of anilines is 2. The van der Waals surface area contributed by atoms with Crippen LogP contribution in [0, 0.1) is 0 Å². The number of carbonyl (C=O) groups is 2. The molecule has 0 radical (unpaired) electrons. The molecule has 1 aliphatic rings. The summed E-state index contributed by atoms with van der Waals surface area (Å²) in [5.41, 5.74) is 3.43. The first-order chi connectivity index (χ1) is 21.8. The second-order valence-electron chi connectivity index (χ2n) is 10.6. The fraction of sp³-hybridized carbons (Fsp3) is 0.257. The van der Waals surface area contributed by atoms with Crippen LogP contribution in [0.25, 0.3) is 0 Å². The van der Waals surface area contributed by atoms with Crippen molar-refractivity contribution in [1.82, 2.24) is 4.90 Å². The van der Waals surface area contributed by atoms with Gasteiger partial charge in [-0.25, -0.2) is 0 Å². The average molecular weight is 649 g/mol. The van der Waals surface area contributed by atoms with Crippen LogP contribution in [0.1, 0.15) is 39.6 Å². The smallest absolute Gasteiger partial charge is 0.255 e. The number of nitrogens with zero attached hydrogens (tertiary/aromatic N) is 2. The highest BCUT2D eigenvalue weighted by molar-refractivity contribution is 6.33. The van der Waals surface area contributed by atoms with Crippen molar-refractivity contribution in [2.24, 2.45) is 0 Å². The van der Waals surface area contributed by atoms with Gasteiger partial charge < -0.3 is 29.3 Å². The Morgan fingerprint density at radius 3 is 2.18 bits per heavy atom. The van der Waals surface area contributed by atoms with Gasteiger partial charge in [0.25, 0.3) is 11.8 Å². The van der Waals surface area contributed by atoms with E-state index in [-0.39, 0.29) is 11.8 Å². The highest BCUT2D eigenvalue weighted by Gasteiger charge is 2.24. The summed E-state index contributed by atoms with van der Waals surface area (Å²) in [5, 5.41) is 4.08. The Kier molecular flexibility index (Phi) is 10.7.